The van der Waals surface area contributed by atoms with Gasteiger partial charge in [0.25, 0.3) is 5.91 Å². The van der Waals surface area contributed by atoms with Crippen molar-refractivity contribution in [1.82, 2.24) is 4.90 Å². The van der Waals surface area contributed by atoms with Gasteiger partial charge < -0.3 is 19.6 Å². The van der Waals surface area contributed by atoms with E-state index >= 15 is 0 Å². The van der Waals surface area contributed by atoms with Gasteiger partial charge in [-0.15, -0.1) is 11.8 Å². The first-order valence-corrected chi connectivity index (χ1v) is 9.91. The number of carbonyl (C=O) groups excluding carboxylic acids is 1. The molecular formula is C20H23ClN2O3S. The third-order valence-corrected chi connectivity index (χ3v) is 6.38. The molecule has 0 spiro atoms. The van der Waals surface area contributed by atoms with E-state index in [0.717, 1.165) is 21.9 Å². The Morgan fingerprint density at radius 3 is 2.56 bits per heavy atom. The summed E-state index contributed by atoms with van der Waals surface area (Å²) in [6, 6.07) is 12.9. The summed E-state index contributed by atoms with van der Waals surface area (Å²) in [5.74, 6) is 0.412. The van der Waals surface area contributed by atoms with Crippen molar-refractivity contribution in [2.75, 3.05) is 39.2 Å². The zero-order valence-corrected chi connectivity index (χ0v) is 17.1. The SMILES string of the molecule is COc1ccc([C@@H]2Sc3c(Cl)cccc3N(CCN(C)C)C(=O)[C@@H]2O)cc1. The highest BCUT2D eigenvalue weighted by molar-refractivity contribution is 8.00. The van der Waals surface area contributed by atoms with Crippen LogP contribution in [-0.2, 0) is 4.79 Å². The number of ether oxygens (including phenoxy) is 1. The fraction of sp³-hybridized carbons (Fsp3) is 0.350. The van der Waals surface area contributed by atoms with Gasteiger partial charge >= 0.3 is 0 Å². The van der Waals surface area contributed by atoms with Gasteiger partial charge in [-0.25, -0.2) is 0 Å². The lowest BCUT2D eigenvalue weighted by Crippen LogP contribution is -2.43. The lowest BCUT2D eigenvalue weighted by Gasteiger charge is -2.26. The van der Waals surface area contributed by atoms with E-state index in [2.05, 4.69) is 0 Å². The van der Waals surface area contributed by atoms with Gasteiger partial charge in [0.2, 0.25) is 0 Å². The van der Waals surface area contributed by atoms with Crippen molar-refractivity contribution in [3.63, 3.8) is 0 Å². The Hall–Kier alpha value is -1.73. The molecule has 0 fully saturated rings. The van der Waals surface area contributed by atoms with Crippen molar-refractivity contribution in [3.8, 4) is 5.75 Å². The highest BCUT2D eigenvalue weighted by atomic mass is 35.5. The lowest BCUT2D eigenvalue weighted by molar-refractivity contribution is -0.126. The molecule has 1 amide bonds. The molecule has 0 bridgehead atoms. The van der Waals surface area contributed by atoms with Gasteiger partial charge in [0.05, 0.1) is 28.0 Å². The molecule has 5 nitrogen and oxygen atoms in total. The van der Waals surface area contributed by atoms with Crippen LogP contribution in [0.25, 0.3) is 0 Å². The predicted octanol–water partition coefficient (Wildman–Crippen LogP) is 3.45. The lowest BCUT2D eigenvalue weighted by atomic mass is 10.1. The van der Waals surface area contributed by atoms with E-state index in [4.69, 9.17) is 16.3 Å². The average Bonchev–Trinajstić information content (AvgIpc) is 2.76. The maximum atomic E-state index is 13.1. The van der Waals surface area contributed by atoms with Gasteiger partial charge in [-0.3, -0.25) is 4.79 Å². The zero-order chi connectivity index (χ0) is 19.6. The minimum atomic E-state index is -1.17. The minimum Gasteiger partial charge on any atom is -0.497 e. The second kappa shape index (κ2) is 8.52. The second-order valence-corrected chi connectivity index (χ2v) is 8.20. The average molecular weight is 407 g/mol. The molecule has 3 rings (SSSR count). The Labute approximate surface area is 168 Å². The Balaban J connectivity index is 2.02. The van der Waals surface area contributed by atoms with E-state index in [-0.39, 0.29) is 5.91 Å². The molecule has 0 unspecified atom stereocenters. The number of rotatable bonds is 5. The molecule has 0 radical (unpaired) electrons. The number of thioether (sulfide) groups is 1. The maximum Gasteiger partial charge on any atom is 0.257 e. The number of benzene rings is 2. The summed E-state index contributed by atoms with van der Waals surface area (Å²) in [6.45, 7) is 1.16. The second-order valence-electron chi connectivity index (χ2n) is 6.64. The fourth-order valence-electron chi connectivity index (χ4n) is 3.00. The number of halogens is 1. The van der Waals surface area contributed by atoms with Gasteiger partial charge in [-0.05, 0) is 43.9 Å². The van der Waals surface area contributed by atoms with Gasteiger partial charge in [-0.1, -0.05) is 29.8 Å². The molecule has 27 heavy (non-hydrogen) atoms. The van der Waals surface area contributed by atoms with Crippen molar-refractivity contribution >= 4 is 35.0 Å². The number of carbonyl (C=O) groups is 1. The van der Waals surface area contributed by atoms with Crippen LogP contribution in [0.15, 0.2) is 47.4 Å². The highest BCUT2D eigenvalue weighted by Gasteiger charge is 2.38. The summed E-state index contributed by atoms with van der Waals surface area (Å²) in [4.78, 5) is 17.6. The molecule has 1 N–H and O–H groups in total. The fourth-order valence-corrected chi connectivity index (χ4v) is 4.58. The number of hydrogen-bond donors (Lipinski definition) is 1. The Bertz CT molecular complexity index is 813. The smallest absolute Gasteiger partial charge is 0.257 e. The van der Waals surface area contributed by atoms with Crippen LogP contribution in [-0.4, -0.2) is 56.3 Å². The van der Waals surface area contributed by atoms with E-state index in [1.54, 1.807) is 12.0 Å². The molecule has 7 heteroatoms. The van der Waals surface area contributed by atoms with E-state index in [9.17, 15) is 9.90 Å². The number of nitrogens with zero attached hydrogens (tertiary/aromatic N) is 2. The van der Waals surface area contributed by atoms with Crippen LogP contribution < -0.4 is 9.64 Å². The normalized spacial score (nSPS) is 19.8. The standard InChI is InChI=1S/C20H23ClN2O3S/c1-22(2)11-12-23-16-6-4-5-15(21)19(16)27-18(17(24)20(23)25)13-7-9-14(26-3)10-8-13/h4-10,17-18,24H,11-12H2,1-3H3/t17-,18+/m1/s1. The van der Waals surface area contributed by atoms with E-state index in [0.29, 0.717) is 18.1 Å². The number of methoxy groups -OCH3 is 1. The van der Waals surface area contributed by atoms with Gasteiger partial charge in [0.1, 0.15) is 11.9 Å². The summed E-state index contributed by atoms with van der Waals surface area (Å²) in [5.41, 5.74) is 1.59. The number of likely N-dealkylation sites (N-methyl/N-ethyl adjacent to an activating group) is 1. The summed E-state index contributed by atoms with van der Waals surface area (Å²) in [6.07, 6.45) is -1.17. The third-order valence-electron chi connectivity index (χ3n) is 4.50. The third kappa shape index (κ3) is 4.24. The number of aliphatic hydroxyl groups excluding tert-OH is 1. The van der Waals surface area contributed by atoms with Crippen molar-refractivity contribution in [2.45, 2.75) is 16.2 Å². The topological polar surface area (TPSA) is 53.0 Å². The first-order chi connectivity index (χ1) is 12.9. The number of aliphatic hydroxyl groups is 1. The van der Waals surface area contributed by atoms with Gasteiger partial charge in [0, 0.05) is 13.1 Å². The molecule has 0 aromatic heterocycles. The molecule has 1 aliphatic rings. The number of fused-ring (bicyclic) bond motifs is 1. The monoisotopic (exact) mass is 406 g/mol. The van der Waals surface area contributed by atoms with Crippen LogP contribution in [0.2, 0.25) is 5.02 Å². The van der Waals surface area contributed by atoms with Gasteiger partial charge in [-0.2, -0.15) is 0 Å². The first-order valence-electron chi connectivity index (χ1n) is 8.65. The Morgan fingerprint density at radius 2 is 1.93 bits per heavy atom. The van der Waals surface area contributed by atoms with Crippen molar-refractivity contribution in [1.29, 1.82) is 0 Å². The zero-order valence-electron chi connectivity index (χ0n) is 15.6. The highest BCUT2D eigenvalue weighted by Crippen LogP contribution is 2.48. The van der Waals surface area contributed by atoms with Crippen molar-refractivity contribution in [2.24, 2.45) is 0 Å². The van der Waals surface area contributed by atoms with Crippen LogP contribution in [0.4, 0.5) is 5.69 Å². The number of anilines is 1. The molecular weight excluding hydrogens is 384 g/mol. The minimum absolute atomic E-state index is 0.314. The number of amides is 1. The largest absolute Gasteiger partial charge is 0.497 e. The van der Waals surface area contributed by atoms with E-state index in [1.165, 1.54) is 11.8 Å². The van der Waals surface area contributed by atoms with Crippen LogP contribution in [0.1, 0.15) is 10.8 Å². The summed E-state index contributed by atoms with van der Waals surface area (Å²) >= 11 is 7.89. The first kappa shape index (κ1) is 20.0. The number of hydrogen-bond acceptors (Lipinski definition) is 5. The van der Waals surface area contributed by atoms with E-state index in [1.807, 2.05) is 61.5 Å². The molecule has 0 saturated heterocycles. The molecule has 2 atom stereocenters. The molecule has 0 saturated carbocycles. The Kier molecular flexibility index (Phi) is 6.32. The molecule has 1 aliphatic heterocycles. The van der Waals surface area contributed by atoms with Crippen LogP contribution >= 0.6 is 23.4 Å². The summed E-state index contributed by atoms with van der Waals surface area (Å²) in [5, 5.41) is 11.0. The quantitative estimate of drug-likeness (QED) is 0.824. The van der Waals surface area contributed by atoms with Crippen LogP contribution in [0.5, 0.6) is 5.75 Å². The molecule has 1 heterocycles. The van der Waals surface area contributed by atoms with Crippen LogP contribution in [0.3, 0.4) is 0 Å². The Morgan fingerprint density at radius 1 is 1.22 bits per heavy atom. The molecule has 2 aromatic rings. The summed E-state index contributed by atoms with van der Waals surface area (Å²) in [7, 11) is 5.51. The predicted molar refractivity (Wildman–Crippen MR) is 110 cm³/mol. The van der Waals surface area contributed by atoms with E-state index < -0.39 is 11.4 Å². The molecule has 2 aromatic carbocycles. The molecule has 0 aliphatic carbocycles. The maximum absolute atomic E-state index is 13.1. The van der Waals surface area contributed by atoms with Gasteiger partial charge in [0.15, 0.2) is 0 Å². The van der Waals surface area contributed by atoms with Crippen molar-refractivity contribution < 1.29 is 14.6 Å². The van der Waals surface area contributed by atoms with Crippen molar-refractivity contribution in [3.05, 3.63) is 53.1 Å². The molecule has 144 valence electrons. The summed E-state index contributed by atoms with van der Waals surface area (Å²) < 4.78 is 5.21. The van der Waals surface area contributed by atoms with Crippen LogP contribution in [0, 0.1) is 0 Å².